The maximum absolute atomic E-state index is 14.1. The van der Waals surface area contributed by atoms with Crippen molar-refractivity contribution < 1.29 is 22.0 Å². The van der Waals surface area contributed by atoms with E-state index in [1.807, 2.05) is 0 Å². The number of benzene rings is 1. The number of hydrogen-bond acceptors (Lipinski definition) is 5. The summed E-state index contributed by atoms with van der Waals surface area (Å²) in [6, 6.07) is 2.76. The number of halogens is 2. The Labute approximate surface area is 161 Å². The molecule has 3 rings (SSSR count). The number of carbonyl (C=O) groups excluding carboxylic acids is 1. The lowest BCUT2D eigenvalue weighted by Gasteiger charge is -2.24. The molecule has 2 atom stereocenters. The Kier molecular flexibility index (Phi) is 5.48. The Morgan fingerprint density at radius 3 is 2.75 bits per heavy atom. The van der Waals surface area contributed by atoms with Crippen molar-refractivity contribution in [2.24, 2.45) is 0 Å². The molecule has 1 aliphatic rings. The average molecular weight is 413 g/mol. The van der Waals surface area contributed by atoms with Crippen LogP contribution in [0.1, 0.15) is 22.5 Å². The molecule has 0 saturated carbocycles. The summed E-state index contributed by atoms with van der Waals surface area (Å²) in [5, 5.41) is 7.62. The van der Waals surface area contributed by atoms with Crippen LogP contribution in [0, 0.1) is 12.7 Å². The van der Waals surface area contributed by atoms with Crippen molar-refractivity contribution >= 4 is 15.9 Å². The standard InChI is InChI=1S/C17H21F2N5O3S/c1-11-4-5-12(18)7-16(11)28(26,27)24-8-13(19)6-14(24)9-23-10-15(20-21-23)17(25)22(2)3/h4-5,7,10,13-14H,6,8-9H2,1-3H3/t13-,14-/m0/s1. The molecule has 11 heteroatoms. The molecular formula is C17H21F2N5O3S. The van der Waals surface area contributed by atoms with Crippen LogP contribution in [0.5, 0.6) is 0 Å². The topological polar surface area (TPSA) is 88.4 Å². The smallest absolute Gasteiger partial charge is 0.275 e. The fraction of sp³-hybridized carbons (Fsp3) is 0.471. The zero-order chi connectivity index (χ0) is 20.6. The van der Waals surface area contributed by atoms with E-state index in [1.165, 1.54) is 27.9 Å². The Balaban J connectivity index is 1.87. The predicted octanol–water partition coefficient (Wildman–Crippen LogP) is 1.23. The first-order chi connectivity index (χ1) is 13.1. The molecular weight excluding hydrogens is 392 g/mol. The van der Waals surface area contributed by atoms with Crippen molar-refractivity contribution in [3.05, 3.63) is 41.5 Å². The maximum atomic E-state index is 14.1. The largest absolute Gasteiger partial charge is 0.343 e. The molecule has 2 aromatic rings. The molecule has 1 amide bonds. The van der Waals surface area contributed by atoms with E-state index >= 15 is 0 Å². The number of rotatable bonds is 5. The summed E-state index contributed by atoms with van der Waals surface area (Å²) in [7, 11) is -0.958. The zero-order valence-electron chi connectivity index (χ0n) is 15.7. The number of amides is 1. The van der Waals surface area contributed by atoms with Gasteiger partial charge < -0.3 is 4.90 Å². The molecule has 1 fully saturated rings. The highest BCUT2D eigenvalue weighted by atomic mass is 32.2. The molecule has 1 aliphatic heterocycles. The van der Waals surface area contributed by atoms with Crippen molar-refractivity contribution in [1.29, 1.82) is 0 Å². The van der Waals surface area contributed by atoms with Crippen LogP contribution in [0.25, 0.3) is 0 Å². The molecule has 0 N–H and O–H groups in total. The second-order valence-electron chi connectivity index (χ2n) is 7.00. The fourth-order valence-corrected chi connectivity index (χ4v) is 5.09. The van der Waals surface area contributed by atoms with Crippen molar-refractivity contribution in [3.63, 3.8) is 0 Å². The first-order valence-corrected chi connectivity index (χ1v) is 10.1. The van der Waals surface area contributed by atoms with Crippen LogP contribution in [0.4, 0.5) is 8.78 Å². The number of nitrogens with zero attached hydrogens (tertiary/aromatic N) is 5. The van der Waals surface area contributed by atoms with E-state index in [4.69, 9.17) is 0 Å². The van der Waals surface area contributed by atoms with Crippen LogP contribution in [0.3, 0.4) is 0 Å². The first kappa shape index (κ1) is 20.3. The highest BCUT2D eigenvalue weighted by Crippen LogP contribution is 2.30. The van der Waals surface area contributed by atoms with Gasteiger partial charge in [-0.15, -0.1) is 5.10 Å². The third-order valence-electron chi connectivity index (χ3n) is 4.61. The molecule has 2 heterocycles. The number of carbonyl (C=O) groups is 1. The summed E-state index contributed by atoms with van der Waals surface area (Å²) < 4.78 is 56.2. The Hall–Kier alpha value is -2.40. The normalized spacial score (nSPS) is 20.5. The van der Waals surface area contributed by atoms with Gasteiger partial charge in [-0.2, -0.15) is 4.31 Å². The summed E-state index contributed by atoms with van der Waals surface area (Å²) >= 11 is 0. The van der Waals surface area contributed by atoms with Crippen LogP contribution < -0.4 is 0 Å². The summed E-state index contributed by atoms with van der Waals surface area (Å²) in [4.78, 5) is 13.1. The van der Waals surface area contributed by atoms with Gasteiger partial charge in [-0.3, -0.25) is 9.48 Å². The van der Waals surface area contributed by atoms with Crippen molar-refractivity contribution in [2.45, 2.75) is 37.0 Å². The molecule has 8 nitrogen and oxygen atoms in total. The lowest BCUT2D eigenvalue weighted by Crippen LogP contribution is -2.38. The number of aryl methyl sites for hydroxylation is 1. The number of alkyl halides is 1. The summed E-state index contributed by atoms with van der Waals surface area (Å²) in [5.41, 5.74) is 0.484. The second kappa shape index (κ2) is 7.55. The molecule has 0 aliphatic carbocycles. The van der Waals surface area contributed by atoms with Crippen LogP contribution >= 0.6 is 0 Å². The SMILES string of the molecule is Cc1ccc(F)cc1S(=O)(=O)N1C[C@@H](F)C[C@H]1Cn1cc(C(=O)N(C)C)nn1. The Morgan fingerprint density at radius 2 is 2.07 bits per heavy atom. The lowest BCUT2D eigenvalue weighted by atomic mass is 10.2. The van der Waals surface area contributed by atoms with E-state index in [2.05, 4.69) is 10.3 Å². The molecule has 0 spiro atoms. The van der Waals surface area contributed by atoms with Gasteiger partial charge in [0.1, 0.15) is 12.0 Å². The highest BCUT2D eigenvalue weighted by molar-refractivity contribution is 7.89. The maximum Gasteiger partial charge on any atom is 0.275 e. The minimum atomic E-state index is -4.10. The van der Waals surface area contributed by atoms with Gasteiger partial charge in [-0.1, -0.05) is 11.3 Å². The number of aromatic nitrogens is 3. The van der Waals surface area contributed by atoms with Gasteiger partial charge in [0.2, 0.25) is 10.0 Å². The van der Waals surface area contributed by atoms with E-state index < -0.39 is 28.1 Å². The fourth-order valence-electron chi connectivity index (χ4n) is 3.20. The van der Waals surface area contributed by atoms with E-state index in [0.717, 1.165) is 10.4 Å². The third kappa shape index (κ3) is 3.90. The summed E-state index contributed by atoms with van der Waals surface area (Å²) in [5.74, 6) is -1.03. The molecule has 0 radical (unpaired) electrons. The quantitative estimate of drug-likeness (QED) is 0.736. The Morgan fingerprint density at radius 1 is 1.36 bits per heavy atom. The molecule has 28 heavy (non-hydrogen) atoms. The lowest BCUT2D eigenvalue weighted by molar-refractivity contribution is 0.0822. The van der Waals surface area contributed by atoms with Gasteiger partial charge in [0.05, 0.1) is 17.6 Å². The van der Waals surface area contributed by atoms with Gasteiger partial charge in [0.15, 0.2) is 5.69 Å². The van der Waals surface area contributed by atoms with Gasteiger partial charge in [0, 0.05) is 26.7 Å². The highest BCUT2D eigenvalue weighted by Gasteiger charge is 2.41. The monoisotopic (exact) mass is 413 g/mol. The number of hydrogen-bond donors (Lipinski definition) is 0. The average Bonchev–Trinajstić information content (AvgIpc) is 3.23. The third-order valence-corrected chi connectivity index (χ3v) is 6.67. The minimum absolute atomic E-state index is 0.0234. The van der Waals surface area contributed by atoms with E-state index in [1.54, 1.807) is 21.0 Å². The zero-order valence-corrected chi connectivity index (χ0v) is 16.5. The summed E-state index contributed by atoms with van der Waals surface area (Å²) in [6.07, 6.45) is 0.0244. The Bertz CT molecular complexity index is 992. The van der Waals surface area contributed by atoms with Crippen molar-refractivity contribution in [1.82, 2.24) is 24.2 Å². The molecule has 1 saturated heterocycles. The molecule has 1 aromatic carbocycles. The van der Waals surface area contributed by atoms with Crippen molar-refractivity contribution in [3.8, 4) is 0 Å². The van der Waals surface area contributed by atoms with E-state index in [0.29, 0.717) is 5.56 Å². The van der Waals surface area contributed by atoms with Crippen LogP contribution in [-0.4, -0.2) is 71.4 Å². The molecule has 0 unspecified atom stereocenters. The van der Waals surface area contributed by atoms with Crippen LogP contribution in [0.2, 0.25) is 0 Å². The molecule has 152 valence electrons. The van der Waals surface area contributed by atoms with Crippen LogP contribution in [0.15, 0.2) is 29.3 Å². The van der Waals surface area contributed by atoms with Gasteiger partial charge >= 0.3 is 0 Å². The van der Waals surface area contributed by atoms with Crippen molar-refractivity contribution in [2.75, 3.05) is 20.6 Å². The molecule has 0 bridgehead atoms. The minimum Gasteiger partial charge on any atom is -0.343 e. The predicted molar refractivity (Wildman–Crippen MR) is 96.4 cm³/mol. The molecule has 1 aromatic heterocycles. The van der Waals surface area contributed by atoms with Gasteiger partial charge in [0.25, 0.3) is 5.91 Å². The first-order valence-electron chi connectivity index (χ1n) is 8.63. The number of sulfonamides is 1. The van der Waals surface area contributed by atoms with Crippen LogP contribution in [-0.2, 0) is 16.6 Å². The van der Waals surface area contributed by atoms with Gasteiger partial charge in [-0.25, -0.2) is 17.2 Å². The van der Waals surface area contributed by atoms with Gasteiger partial charge in [-0.05, 0) is 31.0 Å². The van der Waals surface area contributed by atoms with E-state index in [9.17, 15) is 22.0 Å². The summed E-state index contributed by atoms with van der Waals surface area (Å²) in [6.45, 7) is 1.27. The second-order valence-corrected chi connectivity index (χ2v) is 8.86. The van der Waals surface area contributed by atoms with E-state index in [-0.39, 0.29) is 36.0 Å².